The van der Waals surface area contributed by atoms with Gasteiger partial charge in [-0.3, -0.25) is 4.79 Å². The van der Waals surface area contributed by atoms with Crippen molar-refractivity contribution in [1.82, 2.24) is 5.48 Å². The molecule has 0 aliphatic carbocycles. The zero-order chi connectivity index (χ0) is 7.98. The number of carboxylic acids is 1. The Kier molecular flexibility index (Phi) is 4.88. The van der Waals surface area contributed by atoms with Crippen molar-refractivity contribution in [3.63, 3.8) is 0 Å². The molecule has 0 bridgehead atoms. The van der Waals surface area contributed by atoms with Crippen LogP contribution in [0.1, 0.15) is 19.8 Å². The first-order chi connectivity index (χ1) is 4.68. The molecule has 0 saturated heterocycles. The lowest BCUT2D eigenvalue weighted by Crippen LogP contribution is -2.14. The van der Waals surface area contributed by atoms with E-state index in [0.717, 1.165) is 0 Å². The summed E-state index contributed by atoms with van der Waals surface area (Å²) in [5, 5.41) is 16.5. The number of hydroxylamine groups is 1. The average molecular weight is 147 g/mol. The van der Waals surface area contributed by atoms with Gasteiger partial charge in [0.25, 0.3) is 0 Å². The minimum Gasteiger partial charge on any atom is -0.481 e. The molecule has 0 spiro atoms. The van der Waals surface area contributed by atoms with Crippen molar-refractivity contribution < 1.29 is 15.1 Å². The normalized spacial score (nSPS) is 13.0. The summed E-state index contributed by atoms with van der Waals surface area (Å²) >= 11 is 0. The van der Waals surface area contributed by atoms with Crippen LogP contribution in [0.5, 0.6) is 0 Å². The largest absolute Gasteiger partial charge is 0.481 e. The zero-order valence-corrected chi connectivity index (χ0v) is 6.00. The molecule has 0 aliphatic rings. The van der Waals surface area contributed by atoms with Crippen molar-refractivity contribution in [2.24, 2.45) is 5.92 Å². The molecule has 0 amide bonds. The summed E-state index contributed by atoms with van der Waals surface area (Å²) in [6.07, 6.45) is 1.28. The highest BCUT2D eigenvalue weighted by molar-refractivity contribution is 5.69. The van der Waals surface area contributed by atoms with E-state index < -0.39 is 5.97 Å². The molecular weight excluding hydrogens is 134 g/mol. The van der Waals surface area contributed by atoms with E-state index in [9.17, 15) is 4.79 Å². The van der Waals surface area contributed by atoms with E-state index >= 15 is 0 Å². The van der Waals surface area contributed by atoms with Gasteiger partial charge < -0.3 is 10.3 Å². The van der Waals surface area contributed by atoms with Gasteiger partial charge in [0.2, 0.25) is 0 Å². The Morgan fingerprint density at radius 2 is 2.30 bits per heavy atom. The fraction of sp³-hybridized carbons (Fsp3) is 0.833. The maximum atomic E-state index is 10.2. The highest BCUT2D eigenvalue weighted by Gasteiger charge is 2.08. The molecule has 0 aliphatic heterocycles. The van der Waals surface area contributed by atoms with Crippen LogP contribution in [0.25, 0.3) is 0 Å². The van der Waals surface area contributed by atoms with Gasteiger partial charge in [0.05, 0.1) is 5.92 Å². The molecule has 0 aromatic heterocycles. The van der Waals surface area contributed by atoms with E-state index in [1.165, 1.54) is 0 Å². The predicted octanol–water partition coefficient (Wildman–Crippen LogP) is 0.466. The number of carboxylic acid groups (broad SMARTS) is 1. The Morgan fingerprint density at radius 3 is 2.70 bits per heavy atom. The van der Waals surface area contributed by atoms with Gasteiger partial charge >= 0.3 is 5.97 Å². The molecule has 0 radical (unpaired) electrons. The smallest absolute Gasteiger partial charge is 0.306 e. The summed E-state index contributed by atoms with van der Waals surface area (Å²) < 4.78 is 0. The first-order valence-corrected chi connectivity index (χ1v) is 3.28. The maximum Gasteiger partial charge on any atom is 0.306 e. The average Bonchev–Trinajstić information content (AvgIpc) is 1.88. The summed E-state index contributed by atoms with van der Waals surface area (Å²) in [7, 11) is 0. The third kappa shape index (κ3) is 4.29. The van der Waals surface area contributed by atoms with Crippen LogP contribution in [0.3, 0.4) is 0 Å². The molecule has 3 N–H and O–H groups in total. The Hall–Kier alpha value is -0.610. The van der Waals surface area contributed by atoms with Crippen LogP contribution in [0, 0.1) is 5.92 Å². The standard InChI is InChI=1S/C6H13NO3/c1-5(6(8)9)3-2-4-7-10/h5,7,10H,2-4H2,1H3,(H,8,9). The number of hydrogen-bond acceptors (Lipinski definition) is 3. The second-order valence-corrected chi connectivity index (χ2v) is 2.29. The fourth-order valence-electron chi connectivity index (χ4n) is 0.611. The van der Waals surface area contributed by atoms with E-state index in [2.05, 4.69) is 0 Å². The zero-order valence-electron chi connectivity index (χ0n) is 6.00. The van der Waals surface area contributed by atoms with Crippen LogP contribution in [0.15, 0.2) is 0 Å². The van der Waals surface area contributed by atoms with Crippen molar-refractivity contribution in [1.29, 1.82) is 0 Å². The van der Waals surface area contributed by atoms with Crippen LogP contribution in [0.2, 0.25) is 0 Å². The Balaban J connectivity index is 3.21. The molecule has 0 rings (SSSR count). The summed E-state index contributed by atoms with van der Waals surface area (Å²) in [4.78, 5) is 10.2. The topological polar surface area (TPSA) is 69.6 Å². The number of rotatable bonds is 5. The number of nitrogens with one attached hydrogen (secondary N) is 1. The molecule has 0 aromatic carbocycles. The molecule has 4 nitrogen and oxygen atoms in total. The summed E-state index contributed by atoms with van der Waals surface area (Å²) in [6.45, 7) is 2.11. The van der Waals surface area contributed by atoms with Crippen molar-refractivity contribution in [3.8, 4) is 0 Å². The van der Waals surface area contributed by atoms with E-state index in [1.54, 1.807) is 6.92 Å². The quantitative estimate of drug-likeness (QED) is 0.390. The van der Waals surface area contributed by atoms with Crippen LogP contribution in [0.4, 0.5) is 0 Å². The van der Waals surface area contributed by atoms with Crippen molar-refractivity contribution in [3.05, 3.63) is 0 Å². The third-order valence-electron chi connectivity index (χ3n) is 1.35. The van der Waals surface area contributed by atoms with Crippen LogP contribution in [-0.2, 0) is 4.79 Å². The second kappa shape index (κ2) is 5.20. The Labute approximate surface area is 59.8 Å². The van der Waals surface area contributed by atoms with Crippen molar-refractivity contribution in [2.45, 2.75) is 19.8 Å². The van der Waals surface area contributed by atoms with Gasteiger partial charge in [0.1, 0.15) is 0 Å². The molecule has 60 valence electrons. The fourth-order valence-corrected chi connectivity index (χ4v) is 0.611. The molecule has 0 aromatic rings. The van der Waals surface area contributed by atoms with Gasteiger partial charge in [0, 0.05) is 6.54 Å². The summed E-state index contributed by atoms with van der Waals surface area (Å²) in [5.74, 6) is -1.09. The highest BCUT2D eigenvalue weighted by Crippen LogP contribution is 2.03. The molecule has 1 atom stereocenters. The molecule has 1 unspecified atom stereocenters. The van der Waals surface area contributed by atoms with Crippen LogP contribution in [-0.4, -0.2) is 22.8 Å². The van der Waals surface area contributed by atoms with Crippen LogP contribution < -0.4 is 5.48 Å². The SMILES string of the molecule is CC(CCCNO)C(=O)O. The monoisotopic (exact) mass is 147 g/mol. The van der Waals surface area contributed by atoms with Crippen molar-refractivity contribution in [2.75, 3.05) is 6.54 Å². The molecule has 10 heavy (non-hydrogen) atoms. The molecule has 0 heterocycles. The molecule has 0 saturated carbocycles. The Morgan fingerprint density at radius 1 is 1.70 bits per heavy atom. The van der Waals surface area contributed by atoms with E-state index in [0.29, 0.717) is 19.4 Å². The summed E-state index contributed by atoms with van der Waals surface area (Å²) in [5.41, 5.74) is 1.97. The van der Waals surface area contributed by atoms with Gasteiger partial charge in [-0.1, -0.05) is 6.92 Å². The lowest BCUT2D eigenvalue weighted by Gasteiger charge is -2.03. The minimum absolute atomic E-state index is 0.312. The first kappa shape index (κ1) is 9.39. The lowest BCUT2D eigenvalue weighted by atomic mass is 10.1. The molecular formula is C6H13NO3. The van der Waals surface area contributed by atoms with Gasteiger partial charge in [-0.25, -0.2) is 5.48 Å². The maximum absolute atomic E-state index is 10.2. The van der Waals surface area contributed by atoms with E-state index in [1.807, 2.05) is 5.48 Å². The number of hydrogen-bond donors (Lipinski definition) is 3. The molecule has 4 heteroatoms. The van der Waals surface area contributed by atoms with Gasteiger partial charge in [-0.05, 0) is 12.8 Å². The number of carbonyl (C=O) groups is 1. The van der Waals surface area contributed by atoms with Gasteiger partial charge in [0.15, 0.2) is 0 Å². The highest BCUT2D eigenvalue weighted by atomic mass is 16.5. The lowest BCUT2D eigenvalue weighted by molar-refractivity contribution is -0.141. The third-order valence-corrected chi connectivity index (χ3v) is 1.35. The van der Waals surface area contributed by atoms with E-state index in [-0.39, 0.29) is 5.92 Å². The second-order valence-electron chi connectivity index (χ2n) is 2.29. The van der Waals surface area contributed by atoms with Gasteiger partial charge in [-0.2, -0.15) is 0 Å². The first-order valence-electron chi connectivity index (χ1n) is 3.28. The predicted molar refractivity (Wildman–Crippen MR) is 35.8 cm³/mol. The number of aliphatic carboxylic acids is 1. The minimum atomic E-state index is -0.780. The van der Waals surface area contributed by atoms with E-state index in [4.69, 9.17) is 10.3 Å². The molecule has 0 fully saturated rings. The summed E-state index contributed by atoms with van der Waals surface area (Å²) in [6, 6.07) is 0. The Bertz CT molecular complexity index is 105. The van der Waals surface area contributed by atoms with Crippen molar-refractivity contribution >= 4 is 5.97 Å². The van der Waals surface area contributed by atoms with Crippen LogP contribution >= 0.6 is 0 Å². The van der Waals surface area contributed by atoms with Gasteiger partial charge in [-0.15, -0.1) is 0 Å².